The van der Waals surface area contributed by atoms with Crippen molar-refractivity contribution >= 4 is 17.7 Å². The van der Waals surface area contributed by atoms with Crippen LogP contribution in [0, 0.1) is 0 Å². The fourth-order valence-corrected chi connectivity index (χ4v) is 5.87. The van der Waals surface area contributed by atoms with Gasteiger partial charge in [-0.2, -0.15) is 0 Å². The van der Waals surface area contributed by atoms with Crippen molar-refractivity contribution in [2.75, 3.05) is 13.1 Å². The molecule has 3 amide bonds. The van der Waals surface area contributed by atoms with Gasteiger partial charge in [0.15, 0.2) is 0 Å². The molecule has 0 radical (unpaired) electrons. The lowest BCUT2D eigenvalue weighted by molar-refractivity contribution is -0.136. The second kappa shape index (κ2) is 11.6. The fourth-order valence-electron chi connectivity index (χ4n) is 5.87. The number of carbonyl (C=O) groups is 3. The van der Waals surface area contributed by atoms with E-state index in [1.54, 1.807) is 23.4 Å². The number of aromatic nitrogens is 1. The number of amides is 3. The average Bonchev–Trinajstić information content (AvgIpc) is 3.29. The number of rotatable bonds is 8. The summed E-state index contributed by atoms with van der Waals surface area (Å²) in [5, 5.41) is 6.05. The Labute approximate surface area is 233 Å². The van der Waals surface area contributed by atoms with Crippen LogP contribution in [0.4, 0.5) is 0 Å². The van der Waals surface area contributed by atoms with Crippen molar-refractivity contribution in [1.29, 1.82) is 0 Å². The highest BCUT2D eigenvalue weighted by atomic mass is 16.5. The van der Waals surface area contributed by atoms with E-state index in [-0.39, 0.29) is 30.4 Å². The lowest BCUT2D eigenvalue weighted by Crippen LogP contribution is -2.54. The normalized spacial score (nSPS) is 23.1. The third-order valence-corrected chi connectivity index (χ3v) is 7.99. The molecular weight excluding hydrogens is 506 g/mol. The summed E-state index contributed by atoms with van der Waals surface area (Å²) in [5.74, 6) is -0.168. The van der Waals surface area contributed by atoms with Crippen molar-refractivity contribution in [3.63, 3.8) is 0 Å². The fraction of sp³-hybridized carbons (Fsp3) is 0.355. The Balaban J connectivity index is 1.17. The van der Waals surface area contributed by atoms with E-state index >= 15 is 0 Å². The van der Waals surface area contributed by atoms with E-state index in [0.29, 0.717) is 24.3 Å². The summed E-state index contributed by atoms with van der Waals surface area (Å²) < 4.78 is 6.63. The summed E-state index contributed by atoms with van der Waals surface area (Å²) in [6.07, 6.45) is 5.03. The Morgan fingerprint density at radius 3 is 2.60 bits per heavy atom. The van der Waals surface area contributed by atoms with Crippen LogP contribution in [0.3, 0.4) is 0 Å². The number of nitrogens with zero attached hydrogens (tertiary/aromatic N) is 3. The first kappa shape index (κ1) is 26.2. The molecule has 2 aromatic carbocycles. The molecule has 1 unspecified atom stereocenters. The van der Waals surface area contributed by atoms with Gasteiger partial charge in [0.1, 0.15) is 17.9 Å². The molecule has 206 valence electrons. The molecule has 0 bridgehead atoms. The van der Waals surface area contributed by atoms with Crippen molar-refractivity contribution in [2.45, 2.75) is 57.1 Å². The second-order valence-electron chi connectivity index (χ2n) is 10.7. The molecular formula is C31H33N5O4. The van der Waals surface area contributed by atoms with E-state index in [4.69, 9.17) is 4.74 Å². The molecule has 3 atom stereocenters. The molecule has 6 rings (SSSR count). The van der Waals surface area contributed by atoms with Crippen LogP contribution in [-0.2, 0) is 29.2 Å². The van der Waals surface area contributed by atoms with Crippen LogP contribution in [0.1, 0.15) is 46.3 Å². The van der Waals surface area contributed by atoms with E-state index in [1.165, 1.54) is 11.1 Å². The average molecular weight is 540 g/mol. The number of hydrogen-bond donors (Lipinski definition) is 2. The van der Waals surface area contributed by atoms with Gasteiger partial charge >= 0.3 is 0 Å². The molecule has 0 saturated carbocycles. The molecule has 3 aliphatic heterocycles. The summed E-state index contributed by atoms with van der Waals surface area (Å²) >= 11 is 0. The van der Waals surface area contributed by atoms with Gasteiger partial charge in [0.2, 0.25) is 11.8 Å². The number of piperidine rings is 2. The standard InChI is InChI=1S/C31H33N5O4/c37-29-9-8-27(30(38)34-29)36-19-23-16-24(6-7-25(23)31(36)39)40-28-20-35(18-22-4-2-1-3-5-22)15-12-26(28)33-17-21-10-13-32-14-11-21/h1-7,10-11,13-14,16,26-28,33H,8-9,12,15,17-20H2,(H,34,37,38)/t26-,27?,28-/m0/s1. The molecule has 0 aliphatic carbocycles. The summed E-state index contributed by atoms with van der Waals surface area (Å²) in [6.45, 7) is 3.64. The molecule has 2 N–H and O–H groups in total. The molecule has 0 spiro atoms. The van der Waals surface area contributed by atoms with Crippen LogP contribution in [0.5, 0.6) is 5.75 Å². The third-order valence-electron chi connectivity index (χ3n) is 7.99. The van der Waals surface area contributed by atoms with Crippen molar-refractivity contribution in [3.8, 4) is 5.75 Å². The Bertz CT molecular complexity index is 1380. The first-order valence-corrected chi connectivity index (χ1v) is 13.9. The van der Waals surface area contributed by atoms with Gasteiger partial charge in [-0.05, 0) is 59.9 Å². The lowest BCUT2D eigenvalue weighted by Gasteiger charge is -2.39. The molecule has 2 fully saturated rings. The third kappa shape index (κ3) is 5.76. The predicted molar refractivity (Wildman–Crippen MR) is 148 cm³/mol. The zero-order valence-corrected chi connectivity index (χ0v) is 22.3. The van der Waals surface area contributed by atoms with Gasteiger partial charge in [0.25, 0.3) is 5.91 Å². The van der Waals surface area contributed by atoms with Crippen molar-refractivity contribution in [3.05, 3.63) is 95.3 Å². The molecule has 2 saturated heterocycles. The largest absolute Gasteiger partial charge is 0.487 e. The number of pyridine rings is 1. The highest BCUT2D eigenvalue weighted by molar-refractivity contribution is 6.05. The van der Waals surface area contributed by atoms with Gasteiger partial charge in [0, 0.05) is 63.1 Å². The minimum atomic E-state index is -0.631. The smallest absolute Gasteiger partial charge is 0.255 e. The molecule has 1 aromatic heterocycles. The maximum absolute atomic E-state index is 13.1. The zero-order chi connectivity index (χ0) is 27.5. The zero-order valence-electron chi connectivity index (χ0n) is 22.3. The van der Waals surface area contributed by atoms with Crippen LogP contribution < -0.4 is 15.4 Å². The monoisotopic (exact) mass is 539 g/mol. The number of benzene rings is 2. The highest BCUT2D eigenvalue weighted by Crippen LogP contribution is 2.31. The Morgan fingerprint density at radius 2 is 1.80 bits per heavy atom. The van der Waals surface area contributed by atoms with Crippen molar-refractivity contribution < 1.29 is 19.1 Å². The minimum Gasteiger partial charge on any atom is -0.487 e. The van der Waals surface area contributed by atoms with Gasteiger partial charge in [0.05, 0.1) is 0 Å². The topological polar surface area (TPSA) is 104 Å². The van der Waals surface area contributed by atoms with Crippen molar-refractivity contribution in [1.82, 2.24) is 25.4 Å². The Morgan fingerprint density at radius 1 is 0.975 bits per heavy atom. The predicted octanol–water partition coefficient (Wildman–Crippen LogP) is 2.65. The first-order valence-electron chi connectivity index (χ1n) is 13.9. The highest BCUT2D eigenvalue weighted by Gasteiger charge is 2.39. The molecule has 4 heterocycles. The summed E-state index contributed by atoms with van der Waals surface area (Å²) in [7, 11) is 0. The molecule has 9 nitrogen and oxygen atoms in total. The number of fused-ring (bicyclic) bond motifs is 1. The van der Waals surface area contributed by atoms with Crippen LogP contribution in [0.15, 0.2) is 73.1 Å². The quantitative estimate of drug-likeness (QED) is 0.424. The van der Waals surface area contributed by atoms with E-state index in [1.807, 2.05) is 30.3 Å². The van der Waals surface area contributed by atoms with E-state index < -0.39 is 11.9 Å². The lowest BCUT2D eigenvalue weighted by atomic mass is 10.00. The molecule has 3 aromatic rings. The van der Waals surface area contributed by atoms with E-state index in [0.717, 1.165) is 38.2 Å². The summed E-state index contributed by atoms with van der Waals surface area (Å²) in [5.41, 5.74) is 3.86. The second-order valence-corrected chi connectivity index (χ2v) is 10.7. The molecule has 3 aliphatic rings. The van der Waals surface area contributed by atoms with Crippen LogP contribution in [0.2, 0.25) is 0 Å². The van der Waals surface area contributed by atoms with Gasteiger partial charge < -0.3 is 15.0 Å². The maximum atomic E-state index is 13.1. The number of nitrogens with one attached hydrogen (secondary N) is 2. The van der Waals surface area contributed by atoms with Crippen LogP contribution >= 0.6 is 0 Å². The van der Waals surface area contributed by atoms with Crippen LogP contribution in [-0.4, -0.2) is 63.8 Å². The number of hydrogen-bond acceptors (Lipinski definition) is 7. The van der Waals surface area contributed by atoms with Gasteiger partial charge in [-0.1, -0.05) is 30.3 Å². The van der Waals surface area contributed by atoms with E-state index in [2.05, 4.69) is 44.8 Å². The number of ether oxygens (including phenoxy) is 1. The first-order chi connectivity index (χ1) is 19.5. The summed E-state index contributed by atoms with van der Waals surface area (Å²) in [4.78, 5) is 45.2. The molecule has 9 heteroatoms. The van der Waals surface area contributed by atoms with Gasteiger partial charge in [-0.25, -0.2) is 0 Å². The minimum absolute atomic E-state index is 0.0966. The van der Waals surface area contributed by atoms with Crippen LogP contribution in [0.25, 0.3) is 0 Å². The Hall–Kier alpha value is -4.08. The van der Waals surface area contributed by atoms with E-state index in [9.17, 15) is 14.4 Å². The number of carbonyl (C=O) groups excluding carboxylic acids is 3. The van der Waals surface area contributed by atoms with Gasteiger partial charge in [-0.3, -0.25) is 29.6 Å². The van der Waals surface area contributed by atoms with Gasteiger partial charge in [-0.15, -0.1) is 0 Å². The molecule has 40 heavy (non-hydrogen) atoms. The maximum Gasteiger partial charge on any atom is 0.255 e. The van der Waals surface area contributed by atoms with Crippen molar-refractivity contribution in [2.24, 2.45) is 0 Å². The SMILES string of the molecule is O=C1CCC(N2Cc3cc(O[C@H]4CN(Cc5ccccc5)CC[C@@H]4NCc4ccncc4)ccc3C2=O)C(=O)N1. The Kier molecular flexibility index (Phi) is 7.57. The summed E-state index contributed by atoms with van der Waals surface area (Å²) in [6, 6.07) is 19.6. The number of imide groups is 1. The number of likely N-dealkylation sites (tertiary alicyclic amines) is 1.